The van der Waals surface area contributed by atoms with E-state index in [1.807, 2.05) is 36.4 Å². The molecule has 3 rings (SSSR count). The largest absolute Gasteiger partial charge is 0.508 e. The molecule has 0 saturated heterocycles. The minimum absolute atomic E-state index is 0.204. The van der Waals surface area contributed by atoms with Gasteiger partial charge in [0.15, 0.2) is 0 Å². The number of aromatic hydroxyl groups is 1. The molecule has 2 atom stereocenters. The normalized spacial score (nSPS) is 14.0. The van der Waals surface area contributed by atoms with Crippen LogP contribution in [0.3, 0.4) is 0 Å². The number of aliphatic hydroxyl groups is 1. The molecule has 3 N–H and O–H groups in total. The Morgan fingerprint density at radius 3 is 2.61 bits per heavy atom. The second-order valence-electron chi connectivity index (χ2n) is 5.88. The van der Waals surface area contributed by atoms with E-state index in [2.05, 4.69) is 12.2 Å². The predicted octanol–water partition coefficient (Wildman–Crippen LogP) is 3.39. The summed E-state index contributed by atoms with van der Waals surface area (Å²) in [5, 5.41) is 24.9. The van der Waals surface area contributed by atoms with Crippen LogP contribution in [-0.4, -0.2) is 22.8 Å². The first-order valence-electron chi connectivity index (χ1n) is 7.79. The van der Waals surface area contributed by atoms with Gasteiger partial charge in [-0.05, 0) is 31.0 Å². The number of hydrogen-bond acceptors (Lipinski definition) is 4. The summed E-state index contributed by atoms with van der Waals surface area (Å²) in [6.07, 6.45) is 1.82. The van der Waals surface area contributed by atoms with Crippen molar-refractivity contribution in [2.45, 2.75) is 25.5 Å². The van der Waals surface area contributed by atoms with Gasteiger partial charge in [0, 0.05) is 23.4 Å². The summed E-state index contributed by atoms with van der Waals surface area (Å²) in [5.74, 6) is 0.874. The Bertz CT molecular complexity index is 764. The lowest BCUT2D eigenvalue weighted by Crippen LogP contribution is -2.32. The Hall–Kier alpha value is -2.30. The van der Waals surface area contributed by atoms with Gasteiger partial charge in [-0.2, -0.15) is 0 Å². The number of fused-ring (bicyclic) bond motifs is 1. The van der Waals surface area contributed by atoms with E-state index >= 15 is 0 Å². The number of furan rings is 1. The molecule has 0 fully saturated rings. The first-order chi connectivity index (χ1) is 11.1. The van der Waals surface area contributed by atoms with Crippen LogP contribution in [0.5, 0.6) is 5.75 Å². The second-order valence-corrected chi connectivity index (χ2v) is 5.88. The van der Waals surface area contributed by atoms with Gasteiger partial charge in [-0.25, -0.2) is 0 Å². The summed E-state index contributed by atoms with van der Waals surface area (Å²) in [7, 11) is 0. The number of phenols is 1. The highest BCUT2D eigenvalue weighted by atomic mass is 16.4. The Labute approximate surface area is 135 Å². The smallest absolute Gasteiger partial charge is 0.141 e. The van der Waals surface area contributed by atoms with Crippen LogP contribution in [0, 0.1) is 0 Å². The van der Waals surface area contributed by atoms with E-state index in [-0.39, 0.29) is 11.8 Å². The molecule has 2 unspecified atom stereocenters. The van der Waals surface area contributed by atoms with Crippen LogP contribution in [0.2, 0.25) is 0 Å². The summed E-state index contributed by atoms with van der Waals surface area (Å²) in [4.78, 5) is 0. The minimum atomic E-state index is -0.683. The predicted molar refractivity (Wildman–Crippen MR) is 90.4 cm³/mol. The van der Waals surface area contributed by atoms with Crippen molar-refractivity contribution >= 4 is 10.8 Å². The quantitative estimate of drug-likeness (QED) is 0.653. The fourth-order valence-corrected chi connectivity index (χ4v) is 2.74. The molecule has 0 aliphatic rings. The van der Waals surface area contributed by atoms with Crippen molar-refractivity contribution in [2.75, 3.05) is 6.54 Å². The molecule has 3 aromatic rings. The molecule has 0 spiro atoms. The van der Waals surface area contributed by atoms with Crippen molar-refractivity contribution in [3.05, 3.63) is 66.1 Å². The van der Waals surface area contributed by atoms with Crippen LogP contribution in [-0.2, 0) is 6.42 Å². The number of rotatable bonds is 6. The van der Waals surface area contributed by atoms with Gasteiger partial charge in [0.05, 0.1) is 6.26 Å². The molecule has 1 heterocycles. The second kappa shape index (κ2) is 6.86. The number of hydrogen-bond donors (Lipinski definition) is 3. The summed E-state index contributed by atoms with van der Waals surface area (Å²) < 4.78 is 5.52. The molecule has 0 aliphatic heterocycles. The van der Waals surface area contributed by atoms with Gasteiger partial charge < -0.3 is 19.9 Å². The Kier molecular flexibility index (Phi) is 4.65. The number of benzene rings is 2. The number of aliphatic hydroxyl groups excluding tert-OH is 1. The topological polar surface area (TPSA) is 65.6 Å². The average molecular weight is 311 g/mol. The van der Waals surface area contributed by atoms with Gasteiger partial charge in [0.25, 0.3) is 0 Å². The van der Waals surface area contributed by atoms with E-state index in [0.717, 1.165) is 22.8 Å². The summed E-state index contributed by atoms with van der Waals surface area (Å²) >= 11 is 0. The van der Waals surface area contributed by atoms with Gasteiger partial charge in [-0.3, -0.25) is 0 Å². The Morgan fingerprint density at radius 1 is 1.09 bits per heavy atom. The number of phenolic OH excluding ortho intramolecular Hbond substituents is 1. The minimum Gasteiger partial charge on any atom is -0.508 e. The van der Waals surface area contributed by atoms with Gasteiger partial charge in [-0.1, -0.05) is 36.4 Å². The molecule has 4 heteroatoms. The van der Waals surface area contributed by atoms with Crippen LogP contribution in [0.1, 0.15) is 24.4 Å². The third kappa shape index (κ3) is 3.73. The third-order valence-electron chi connectivity index (χ3n) is 3.98. The van der Waals surface area contributed by atoms with E-state index in [1.165, 1.54) is 0 Å². The number of nitrogens with one attached hydrogen (secondary N) is 1. The molecule has 120 valence electrons. The van der Waals surface area contributed by atoms with Crippen LogP contribution in [0.25, 0.3) is 10.8 Å². The zero-order valence-corrected chi connectivity index (χ0v) is 13.1. The zero-order valence-electron chi connectivity index (χ0n) is 13.1. The molecule has 1 aromatic heterocycles. The van der Waals surface area contributed by atoms with Crippen molar-refractivity contribution < 1.29 is 14.6 Å². The Morgan fingerprint density at radius 2 is 1.83 bits per heavy atom. The lowest BCUT2D eigenvalue weighted by atomic mass is 10.1. The van der Waals surface area contributed by atoms with Crippen molar-refractivity contribution in [3.8, 4) is 5.75 Å². The van der Waals surface area contributed by atoms with Gasteiger partial charge in [0.1, 0.15) is 17.6 Å². The lowest BCUT2D eigenvalue weighted by Gasteiger charge is -2.16. The fraction of sp³-hybridized carbons (Fsp3) is 0.263. The van der Waals surface area contributed by atoms with E-state index < -0.39 is 6.10 Å². The third-order valence-corrected chi connectivity index (χ3v) is 3.98. The van der Waals surface area contributed by atoms with Crippen molar-refractivity contribution in [2.24, 2.45) is 0 Å². The molecule has 4 nitrogen and oxygen atoms in total. The van der Waals surface area contributed by atoms with E-state index in [0.29, 0.717) is 12.3 Å². The molecule has 0 amide bonds. The van der Waals surface area contributed by atoms with Crippen LogP contribution in [0.15, 0.2) is 59.2 Å². The first kappa shape index (κ1) is 15.6. The summed E-state index contributed by atoms with van der Waals surface area (Å²) in [6, 6.07) is 15.2. The molecule has 23 heavy (non-hydrogen) atoms. The maximum Gasteiger partial charge on any atom is 0.141 e. The highest BCUT2D eigenvalue weighted by Crippen LogP contribution is 2.26. The van der Waals surface area contributed by atoms with Gasteiger partial charge in [-0.15, -0.1) is 0 Å². The highest BCUT2D eigenvalue weighted by molar-refractivity contribution is 5.84. The van der Waals surface area contributed by atoms with Crippen molar-refractivity contribution in [1.29, 1.82) is 0 Å². The first-order valence-corrected chi connectivity index (χ1v) is 7.79. The van der Waals surface area contributed by atoms with Gasteiger partial charge in [0.2, 0.25) is 0 Å². The maximum absolute atomic E-state index is 10.4. The fourth-order valence-electron chi connectivity index (χ4n) is 2.74. The van der Waals surface area contributed by atoms with E-state index in [9.17, 15) is 10.2 Å². The molecule has 0 radical (unpaired) electrons. The van der Waals surface area contributed by atoms with E-state index in [1.54, 1.807) is 18.4 Å². The van der Waals surface area contributed by atoms with Crippen molar-refractivity contribution in [3.63, 3.8) is 0 Å². The van der Waals surface area contributed by atoms with Crippen LogP contribution in [0.4, 0.5) is 0 Å². The summed E-state index contributed by atoms with van der Waals surface area (Å²) in [6.45, 7) is 2.50. The summed E-state index contributed by atoms with van der Waals surface area (Å²) in [5.41, 5.74) is 1.14. The van der Waals surface area contributed by atoms with Crippen LogP contribution >= 0.6 is 0 Å². The highest BCUT2D eigenvalue weighted by Gasteiger charge is 2.16. The molecule has 0 saturated carbocycles. The molecular weight excluding hydrogens is 290 g/mol. The standard InChI is InChI=1S/C19H21NO3/c1-13(10-14-6-8-16(21)9-7-14)20-11-18(22)19-17-5-3-2-4-15(17)12-23-19/h2-9,12-13,18,20-22H,10-11H2,1H3. The van der Waals surface area contributed by atoms with Gasteiger partial charge >= 0.3 is 0 Å². The lowest BCUT2D eigenvalue weighted by molar-refractivity contribution is 0.146. The van der Waals surface area contributed by atoms with E-state index in [4.69, 9.17) is 4.42 Å². The monoisotopic (exact) mass is 311 g/mol. The van der Waals surface area contributed by atoms with Crippen molar-refractivity contribution in [1.82, 2.24) is 5.32 Å². The maximum atomic E-state index is 10.4. The molecule has 0 bridgehead atoms. The molecule has 0 aliphatic carbocycles. The SMILES string of the molecule is CC(Cc1ccc(O)cc1)NCC(O)c1occ2ccccc12. The average Bonchev–Trinajstić information content (AvgIpc) is 2.99. The Balaban J connectivity index is 1.58. The molecular formula is C19H21NO3. The zero-order chi connectivity index (χ0) is 16.2. The van der Waals surface area contributed by atoms with Crippen LogP contribution < -0.4 is 5.32 Å². The molecule has 2 aromatic carbocycles.